The van der Waals surface area contributed by atoms with Crippen LogP contribution in [0.2, 0.25) is 0 Å². The van der Waals surface area contributed by atoms with Crippen LogP contribution in [0.25, 0.3) is 0 Å². The van der Waals surface area contributed by atoms with E-state index in [9.17, 15) is 9.59 Å². The minimum absolute atomic E-state index is 0.0162. The average Bonchev–Trinajstić information content (AvgIpc) is 3.01. The zero-order valence-electron chi connectivity index (χ0n) is 14.2. The highest BCUT2D eigenvalue weighted by Crippen LogP contribution is 2.17. The van der Waals surface area contributed by atoms with Crippen LogP contribution in [0, 0.1) is 0 Å². The van der Waals surface area contributed by atoms with E-state index >= 15 is 0 Å². The number of hydrogen-bond acceptors (Lipinski definition) is 2. The predicted octanol–water partition coefficient (Wildman–Crippen LogP) is 3.84. The van der Waals surface area contributed by atoms with Crippen molar-refractivity contribution in [2.45, 2.75) is 25.9 Å². The molecule has 0 unspecified atom stereocenters. The summed E-state index contributed by atoms with van der Waals surface area (Å²) in [6.07, 6.45) is 1.56. The maximum atomic E-state index is 12.7. The van der Waals surface area contributed by atoms with Gasteiger partial charge in [-0.25, -0.2) is 0 Å². The number of likely N-dealkylation sites (tertiary alicyclic amines) is 1. The number of halogens is 1. The molecule has 0 saturated carbocycles. The quantitative estimate of drug-likeness (QED) is 0.764. The van der Waals surface area contributed by atoms with E-state index in [2.05, 4.69) is 15.9 Å². The maximum absolute atomic E-state index is 12.7. The van der Waals surface area contributed by atoms with E-state index < -0.39 is 0 Å². The molecule has 1 aliphatic rings. The van der Waals surface area contributed by atoms with Crippen LogP contribution in [0.5, 0.6) is 0 Å². The lowest BCUT2D eigenvalue weighted by atomic mass is 10.1. The fourth-order valence-corrected chi connectivity index (χ4v) is 3.31. The van der Waals surface area contributed by atoms with E-state index in [1.807, 2.05) is 53.4 Å². The molecule has 0 radical (unpaired) electrons. The summed E-state index contributed by atoms with van der Waals surface area (Å²) < 4.78 is 1.02. The van der Waals surface area contributed by atoms with Crippen LogP contribution in [0.15, 0.2) is 53.0 Å². The fourth-order valence-electron chi connectivity index (χ4n) is 3.05. The Kier molecular flexibility index (Phi) is 5.53. The Balaban J connectivity index is 1.67. The molecule has 5 heteroatoms. The van der Waals surface area contributed by atoms with Gasteiger partial charge < -0.3 is 9.80 Å². The van der Waals surface area contributed by atoms with Crippen molar-refractivity contribution >= 4 is 27.7 Å². The Labute approximate surface area is 156 Å². The molecule has 4 nitrogen and oxygen atoms in total. The molecule has 0 aliphatic carbocycles. The summed E-state index contributed by atoms with van der Waals surface area (Å²) in [6, 6.07) is 15.5. The summed E-state index contributed by atoms with van der Waals surface area (Å²) in [5.74, 6) is 0.182. The first-order chi connectivity index (χ1) is 12.0. The molecular formula is C20H21BrN2O2. The lowest BCUT2D eigenvalue weighted by Crippen LogP contribution is -2.27. The SMILES string of the molecule is CN(Cc1ccc(Br)cc1)C(=O)c1cccc(CN2CCCC2=O)c1. The van der Waals surface area contributed by atoms with E-state index in [0.29, 0.717) is 25.1 Å². The van der Waals surface area contributed by atoms with Crippen molar-refractivity contribution in [2.24, 2.45) is 0 Å². The molecular weight excluding hydrogens is 380 g/mol. The van der Waals surface area contributed by atoms with Gasteiger partial charge in [-0.15, -0.1) is 0 Å². The normalized spacial score (nSPS) is 14.0. The Hall–Kier alpha value is -2.14. The van der Waals surface area contributed by atoms with Crippen molar-refractivity contribution in [1.29, 1.82) is 0 Å². The molecule has 0 spiro atoms. The smallest absolute Gasteiger partial charge is 0.253 e. The second-order valence-electron chi connectivity index (χ2n) is 6.41. The summed E-state index contributed by atoms with van der Waals surface area (Å²) in [5.41, 5.74) is 2.74. The van der Waals surface area contributed by atoms with Gasteiger partial charge in [-0.3, -0.25) is 9.59 Å². The molecule has 0 aromatic heterocycles. The molecule has 1 fully saturated rings. The van der Waals surface area contributed by atoms with E-state index in [1.165, 1.54) is 0 Å². The maximum Gasteiger partial charge on any atom is 0.253 e. The number of carbonyl (C=O) groups is 2. The Morgan fingerprint density at radius 3 is 2.60 bits per heavy atom. The molecule has 2 aromatic carbocycles. The summed E-state index contributed by atoms with van der Waals surface area (Å²) >= 11 is 3.42. The van der Waals surface area contributed by atoms with Crippen LogP contribution in [0.4, 0.5) is 0 Å². The number of rotatable bonds is 5. The fraction of sp³-hybridized carbons (Fsp3) is 0.300. The van der Waals surface area contributed by atoms with Crippen LogP contribution in [-0.2, 0) is 17.9 Å². The van der Waals surface area contributed by atoms with Gasteiger partial charge in [-0.2, -0.15) is 0 Å². The number of nitrogens with zero attached hydrogens (tertiary/aromatic N) is 2. The number of hydrogen-bond donors (Lipinski definition) is 0. The second kappa shape index (κ2) is 7.83. The van der Waals surface area contributed by atoms with Crippen molar-refractivity contribution in [3.05, 3.63) is 69.7 Å². The first kappa shape index (κ1) is 17.7. The monoisotopic (exact) mass is 400 g/mol. The highest BCUT2D eigenvalue weighted by atomic mass is 79.9. The first-order valence-electron chi connectivity index (χ1n) is 8.39. The summed E-state index contributed by atoms with van der Waals surface area (Å²) in [6.45, 7) is 1.94. The van der Waals surface area contributed by atoms with Gasteiger partial charge in [-0.05, 0) is 41.8 Å². The molecule has 0 atom stereocenters. The molecule has 2 aromatic rings. The number of benzene rings is 2. The third kappa shape index (κ3) is 4.48. The Bertz CT molecular complexity index is 774. The van der Waals surface area contributed by atoms with Gasteiger partial charge >= 0.3 is 0 Å². The minimum Gasteiger partial charge on any atom is -0.338 e. The van der Waals surface area contributed by atoms with Gasteiger partial charge in [0.15, 0.2) is 0 Å². The molecule has 3 rings (SSSR count). The van der Waals surface area contributed by atoms with E-state index in [1.54, 1.807) is 11.9 Å². The topological polar surface area (TPSA) is 40.6 Å². The molecule has 0 N–H and O–H groups in total. The highest BCUT2D eigenvalue weighted by molar-refractivity contribution is 9.10. The zero-order chi connectivity index (χ0) is 17.8. The van der Waals surface area contributed by atoms with Crippen LogP contribution >= 0.6 is 15.9 Å². The first-order valence-corrected chi connectivity index (χ1v) is 9.19. The van der Waals surface area contributed by atoms with Gasteiger partial charge in [0.05, 0.1) is 0 Å². The summed E-state index contributed by atoms with van der Waals surface area (Å²) in [5, 5.41) is 0. The zero-order valence-corrected chi connectivity index (χ0v) is 15.8. The Morgan fingerprint density at radius 1 is 1.16 bits per heavy atom. The van der Waals surface area contributed by atoms with Crippen molar-refractivity contribution in [1.82, 2.24) is 9.80 Å². The third-order valence-corrected chi connectivity index (χ3v) is 4.93. The lowest BCUT2D eigenvalue weighted by molar-refractivity contribution is -0.128. The molecule has 1 aliphatic heterocycles. The van der Waals surface area contributed by atoms with E-state index in [0.717, 1.165) is 28.6 Å². The van der Waals surface area contributed by atoms with Crippen LogP contribution in [0.1, 0.15) is 34.3 Å². The average molecular weight is 401 g/mol. The van der Waals surface area contributed by atoms with Crippen molar-refractivity contribution < 1.29 is 9.59 Å². The van der Waals surface area contributed by atoms with Crippen molar-refractivity contribution in [2.75, 3.05) is 13.6 Å². The minimum atomic E-state index is -0.0162. The van der Waals surface area contributed by atoms with Gasteiger partial charge in [0.25, 0.3) is 5.91 Å². The van der Waals surface area contributed by atoms with E-state index in [-0.39, 0.29) is 11.8 Å². The van der Waals surface area contributed by atoms with Gasteiger partial charge in [0, 0.05) is 43.1 Å². The summed E-state index contributed by atoms with van der Waals surface area (Å²) in [7, 11) is 1.81. The van der Waals surface area contributed by atoms with Crippen LogP contribution in [-0.4, -0.2) is 35.2 Å². The number of amides is 2. The molecule has 25 heavy (non-hydrogen) atoms. The van der Waals surface area contributed by atoms with Crippen LogP contribution in [0.3, 0.4) is 0 Å². The van der Waals surface area contributed by atoms with Crippen LogP contribution < -0.4 is 0 Å². The standard InChI is InChI=1S/C20H21BrN2O2/c1-22(13-15-7-9-18(21)10-8-15)20(25)17-5-2-4-16(12-17)14-23-11-3-6-19(23)24/h2,4-5,7-10,12H,3,6,11,13-14H2,1H3. The molecule has 2 amide bonds. The van der Waals surface area contributed by atoms with E-state index in [4.69, 9.17) is 0 Å². The molecule has 130 valence electrons. The van der Waals surface area contributed by atoms with Crippen molar-refractivity contribution in [3.63, 3.8) is 0 Å². The van der Waals surface area contributed by atoms with Gasteiger partial charge in [-0.1, -0.05) is 40.2 Å². The highest BCUT2D eigenvalue weighted by Gasteiger charge is 2.20. The summed E-state index contributed by atoms with van der Waals surface area (Å²) in [4.78, 5) is 28.1. The van der Waals surface area contributed by atoms with Gasteiger partial charge in [0.1, 0.15) is 0 Å². The number of carbonyl (C=O) groups excluding carboxylic acids is 2. The lowest BCUT2D eigenvalue weighted by Gasteiger charge is -2.19. The Morgan fingerprint density at radius 2 is 1.92 bits per heavy atom. The molecule has 1 heterocycles. The molecule has 1 saturated heterocycles. The molecule has 0 bridgehead atoms. The second-order valence-corrected chi connectivity index (χ2v) is 7.32. The van der Waals surface area contributed by atoms with Gasteiger partial charge in [0.2, 0.25) is 5.91 Å². The predicted molar refractivity (Wildman–Crippen MR) is 101 cm³/mol. The largest absolute Gasteiger partial charge is 0.338 e. The third-order valence-electron chi connectivity index (χ3n) is 4.40. The van der Waals surface area contributed by atoms with Crippen molar-refractivity contribution in [3.8, 4) is 0 Å².